The molecule has 1 atom stereocenters. The monoisotopic (exact) mass is 319 g/mol. The molecule has 23 heavy (non-hydrogen) atoms. The van der Waals surface area contributed by atoms with Crippen molar-refractivity contribution in [2.24, 2.45) is 0 Å². The average molecular weight is 319 g/mol. The minimum Gasteiger partial charge on any atom is -0.383 e. The van der Waals surface area contributed by atoms with Crippen LogP contribution in [0.5, 0.6) is 0 Å². The molecule has 2 rings (SSSR count). The van der Waals surface area contributed by atoms with E-state index in [-0.39, 0.29) is 12.5 Å². The number of nitrogens with one attached hydrogen (secondary N) is 2. The van der Waals surface area contributed by atoms with E-state index in [1.54, 1.807) is 19.1 Å². The molecule has 0 radical (unpaired) electrons. The van der Waals surface area contributed by atoms with Crippen molar-refractivity contribution in [2.75, 3.05) is 26.8 Å². The molecule has 0 aliphatic carbocycles. The van der Waals surface area contributed by atoms with E-state index in [1.807, 2.05) is 19.1 Å². The van der Waals surface area contributed by atoms with E-state index in [4.69, 9.17) is 4.74 Å². The van der Waals surface area contributed by atoms with Crippen LogP contribution in [0.4, 0.5) is 4.79 Å². The highest BCUT2D eigenvalue weighted by molar-refractivity contribution is 6.08. The van der Waals surface area contributed by atoms with Crippen molar-refractivity contribution in [1.29, 1.82) is 0 Å². The van der Waals surface area contributed by atoms with Crippen LogP contribution in [-0.2, 0) is 19.9 Å². The van der Waals surface area contributed by atoms with E-state index in [0.29, 0.717) is 18.7 Å². The number of hydrogen-bond donors (Lipinski definition) is 2. The number of benzene rings is 1. The van der Waals surface area contributed by atoms with E-state index in [0.717, 1.165) is 5.56 Å². The second kappa shape index (κ2) is 6.78. The quantitative estimate of drug-likeness (QED) is 0.591. The molecule has 0 bridgehead atoms. The predicted octanol–water partition coefficient (Wildman–Crippen LogP) is 0.525. The molecule has 4 amide bonds. The normalized spacial score (nSPS) is 20.6. The van der Waals surface area contributed by atoms with Crippen molar-refractivity contribution in [3.05, 3.63) is 35.4 Å². The third-order valence-corrected chi connectivity index (χ3v) is 3.99. The first-order valence-electron chi connectivity index (χ1n) is 7.35. The lowest BCUT2D eigenvalue weighted by atomic mass is 9.90. The molecule has 1 aliphatic heterocycles. The Morgan fingerprint density at radius 1 is 1.30 bits per heavy atom. The van der Waals surface area contributed by atoms with E-state index in [2.05, 4.69) is 10.6 Å². The number of methoxy groups -OCH3 is 1. The summed E-state index contributed by atoms with van der Waals surface area (Å²) in [5.74, 6) is -0.777. The molecule has 1 heterocycles. The highest BCUT2D eigenvalue weighted by Gasteiger charge is 2.51. The van der Waals surface area contributed by atoms with Gasteiger partial charge in [0, 0.05) is 13.7 Å². The predicted molar refractivity (Wildman–Crippen MR) is 83.7 cm³/mol. The molecular formula is C16H21N3O4. The van der Waals surface area contributed by atoms with Crippen molar-refractivity contribution in [3.8, 4) is 0 Å². The lowest BCUT2D eigenvalue weighted by Gasteiger charge is -2.31. The second-order valence-electron chi connectivity index (χ2n) is 5.63. The fraction of sp³-hybridized carbons (Fsp3) is 0.438. The summed E-state index contributed by atoms with van der Waals surface area (Å²) in [6.45, 7) is 4.10. The number of carbonyl (C=O) groups is 3. The van der Waals surface area contributed by atoms with Gasteiger partial charge in [0.15, 0.2) is 0 Å². The van der Waals surface area contributed by atoms with Crippen molar-refractivity contribution < 1.29 is 19.1 Å². The minimum absolute atomic E-state index is 0.203. The number of urea groups is 1. The average Bonchev–Trinajstić information content (AvgIpc) is 2.72. The number of rotatable bonds is 6. The Bertz CT molecular complexity index is 614. The topological polar surface area (TPSA) is 87.7 Å². The van der Waals surface area contributed by atoms with Gasteiger partial charge in [0.25, 0.3) is 5.91 Å². The van der Waals surface area contributed by atoms with Crippen LogP contribution in [0, 0.1) is 6.92 Å². The smallest absolute Gasteiger partial charge is 0.325 e. The largest absolute Gasteiger partial charge is 0.383 e. The van der Waals surface area contributed by atoms with Crippen LogP contribution in [-0.4, -0.2) is 49.6 Å². The zero-order chi connectivity index (χ0) is 17.0. The number of nitrogens with zero attached hydrogens (tertiary/aromatic N) is 1. The maximum Gasteiger partial charge on any atom is 0.325 e. The number of hydrogen-bond acceptors (Lipinski definition) is 4. The summed E-state index contributed by atoms with van der Waals surface area (Å²) in [6.07, 6.45) is 0. The molecule has 0 aromatic heterocycles. The molecule has 1 aromatic rings. The first kappa shape index (κ1) is 17.0. The van der Waals surface area contributed by atoms with Crippen LogP contribution < -0.4 is 10.6 Å². The van der Waals surface area contributed by atoms with Crippen LogP contribution in [0.25, 0.3) is 0 Å². The zero-order valence-corrected chi connectivity index (χ0v) is 13.5. The van der Waals surface area contributed by atoms with E-state index >= 15 is 0 Å². The Hall–Kier alpha value is -2.41. The Morgan fingerprint density at radius 3 is 2.57 bits per heavy atom. The lowest BCUT2D eigenvalue weighted by Crippen LogP contribution is -2.49. The van der Waals surface area contributed by atoms with Crippen LogP contribution in [0.3, 0.4) is 0 Å². The van der Waals surface area contributed by atoms with Gasteiger partial charge in [-0.15, -0.1) is 0 Å². The van der Waals surface area contributed by atoms with Gasteiger partial charge in [0.1, 0.15) is 12.1 Å². The van der Waals surface area contributed by atoms with Crippen molar-refractivity contribution in [3.63, 3.8) is 0 Å². The summed E-state index contributed by atoms with van der Waals surface area (Å²) in [6, 6.07) is 6.76. The van der Waals surface area contributed by atoms with Gasteiger partial charge in [0.05, 0.1) is 6.61 Å². The third kappa shape index (κ3) is 3.34. The van der Waals surface area contributed by atoms with Crippen LogP contribution in [0.15, 0.2) is 24.3 Å². The SMILES string of the molecule is COCCNC(=O)CN1C(=O)NC(=O)[C@]1(C)c1ccc(C)cc1. The van der Waals surface area contributed by atoms with Crippen LogP contribution in [0.1, 0.15) is 18.1 Å². The molecule has 7 heteroatoms. The summed E-state index contributed by atoms with van der Waals surface area (Å²) < 4.78 is 4.86. The molecule has 124 valence electrons. The van der Waals surface area contributed by atoms with Gasteiger partial charge in [-0.1, -0.05) is 29.8 Å². The van der Waals surface area contributed by atoms with Crippen LogP contribution >= 0.6 is 0 Å². The Labute approximate surface area is 135 Å². The number of amides is 4. The maximum absolute atomic E-state index is 12.3. The number of carbonyl (C=O) groups excluding carboxylic acids is 3. The van der Waals surface area contributed by atoms with Gasteiger partial charge in [-0.05, 0) is 19.4 Å². The molecule has 0 spiro atoms. The Morgan fingerprint density at radius 2 is 1.96 bits per heavy atom. The van der Waals surface area contributed by atoms with Gasteiger partial charge in [-0.25, -0.2) is 4.79 Å². The second-order valence-corrected chi connectivity index (χ2v) is 5.63. The Kier molecular flexibility index (Phi) is 5.00. The number of imide groups is 1. The van der Waals surface area contributed by atoms with Gasteiger partial charge in [-0.2, -0.15) is 0 Å². The van der Waals surface area contributed by atoms with Gasteiger partial charge >= 0.3 is 6.03 Å². The number of aryl methyl sites for hydroxylation is 1. The molecule has 2 N–H and O–H groups in total. The van der Waals surface area contributed by atoms with Crippen molar-refractivity contribution in [1.82, 2.24) is 15.5 Å². The highest BCUT2D eigenvalue weighted by atomic mass is 16.5. The van der Waals surface area contributed by atoms with E-state index in [1.165, 1.54) is 12.0 Å². The summed E-state index contributed by atoms with van der Waals surface area (Å²) in [5, 5.41) is 4.93. The molecular weight excluding hydrogens is 298 g/mol. The first-order valence-corrected chi connectivity index (χ1v) is 7.35. The fourth-order valence-electron chi connectivity index (χ4n) is 2.50. The summed E-state index contributed by atoms with van der Waals surface area (Å²) >= 11 is 0. The standard InChI is InChI=1S/C16H21N3O4/c1-11-4-6-12(7-5-11)16(2)14(21)18-15(22)19(16)10-13(20)17-8-9-23-3/h4-7H,8-10H2,1-3H3,(H,17,20)(H,18,21,22)/t16-/m0/s1. The highest BCUT2D eigenvalue weighted by Crippen LogP contribution is 2.32. The zero-order valence-electron chi connectivity index (χ0n) is 13.5. The molecule has 7 nitrogen and oxygen atoms in total. The first-order chi connectivity index (χ1) is 10.9. The van der Waals surface area contributed by atoms with Gasteiger partial charge in [-0.3, -0.25) is 19.8 Å². The Balaban J connectivity index is 2.21. The molecule has 0 saturated carbocycles. The van der Waals surface area contributed by atoms with Crippen LogP contribution in [0.2, 0.25) is 0 Å². The lowest BCUT2D eigenvalue weighted by molar-refractivity contribution is -0.128. The minimum atomic E-state index is -1.20. The van der Waals surface area contributed by atoms with Gasteiger partial charge in [0.2, 0.25) is 5.91 Å². The van der Waals surface area contributed by atoms with E-state index in [9.17, 15) is 14.4 Å². The van der Waals surface area contributed by atoms with E-state index < -0.39 is 17.5 Å². The summed E-state index contributed by atoms with van der Waals surface area (Å²) in [7, 11) is 1.53. The van der Waals surface area contributed by atoms with Gasteiger partial charge < -0.3 is 10.1 Å². The maximum atomic E-state index is 12.3. The summed E-state index contributed by atoms with van der Waals surface area (Å²) in [5.41, 5.74) is 0.505. The molecule has 1 aromatic carbocycles. The van der Waals surface area contributed by atoms with Crippen molar-refractivity contribution >= 4 is 17.8 Å². The molecule has 1 fully saturated rings. The molecule has 1 aliphatic rings. The fourth-order valence-corrected chi connectivity index (χ4v) is 2.50. The third-order valence-electron chi connectivity index (χ3n) is 3.99. The number of ether oxygens (including phenoxy) is 1. The molecule has 0 unspecified atom stereocenters. The summed E-state index contributed by atoms with van der Waals surface area (Å²) in [4.78, 5) is 37.7. The molecule has 1 saturated heterocycles. The van der Waals surface area contributed by atoms with Crippen molar-refractivity contribution in [2.45, 2.75) is 19.4 Å².